The van der Waals surface area contributed by atoms with Gasteiger partial charge in [0.25, 0.3) is 0 Å². The lowest BCUT2D eigenvalue weighted by Gasteiger charge is -2.27. The van der Waals surface area contributed by atoms with Gasteiger partial charge in [0.2, 0.25) is 0 Å². The molecule has 0 saturated heterocycles. The molecule has 0 aliphatic rings. The van der Waals surface area contributed by atoms with Crippen LogP contribution < -0.4 is 10.6 Å². The summed E-state index contributed by atoms with van der Waals surface area (Å²) in [6, 6.07) is 14.2. The summed E-state index contributed by atoms with van der Waals surface area (Å²) in [6.07, 6.45) is 0. The molecule has 0 radical (unpaired) electrons. The minimum absolute atomic E-state index is 0.298. The number of urea groups is 1. The number of methoxy groups -OCH3 is 1. The molecule has 0 aliphatic carbocycles. The van der Waals surface area contributed by atoms with Gasteiger partial charge in [-0.1, -0.05) is 42.5 Å². The Balaban J connectivity index is 2.18. The highest BCUT2D eigenvalue weighted by molar-refractivity contribution is 6.00. The van der Waals surface area contributed by atoms with Crippen molar-refractivity contribution in [3.63, 3.8) is 0 Å². The van der Waals surface area contributed by atoms with Crippen LogP contribution in [0.4, 0.5) is 10.5 Å². The summed E-state index contributed by atoms with van der Waals surface area (Å²) in [7, 11) is 1.30. The van der Waals surface area contributed by atoms with Gasteiger partial charge >= 0.3 is 12.0 Å². The van der Waals surface area contributed by atoms with Crippen LogP contribution in [0, 0.1) is 0 Å². The van der Waals surface area contributed by atoms with Gasteiger partial charge in [-0.05, 0) is 50.1 Å². The van der Waals surface area contributed by atoms with Crippen molar-refractivity contribution in [3.05, 3.63) is 71.8 Å². The molecule has 0 heterocycles. The van der Waals surface area contributed by atoms with Crippen LogP contribution in [0.2, 0.25) is 0 Å². The summed E-state index contributed by atoms with van der Waals surface area (Å²) in [5, 5.41) is 5.66. The van der Waals surface area contributed by atoms with Crippen molar-refractivity contribution in [1.82, 2.24) is 5.32 Å². The van der Waals surface area contributed by atoms with Crippen molar-refractivity contribution in [2.75, 3.05) is 12.4 Å². The molecule has 2 amide bonds. The van der Waals surface area contributed by atoms with Crippen LogP contribution in [-0.2, 0) is 10.3 Å². The maximum absolute atomic E-state index is 12.5. The number of hydrogen-bond acceptors (Lipinski definition) is 3. The second-order valence-corrected chi connectivity index (χ2v) is 6.60. The summed E-state index contributed by atoms with van der Waals surface area (Å²) < 4.78 is 4.75. The minimum atomic E-state index is -0.615. The van der Waals surface area contributed by atoms with Gasteiger partial charge in [-0.3, -0.25) is 0 Å². The topological polar surface area (TPSA) is 67.4 Å². The molecule has 2 rings (SSSR count). The Hall–Kier alpha value is -3.08. The largest absolute Gasteiger partial charge is 0.465 e. The van der Waals surface area contributed by atoms with Gasteiger partial charge in [0, 0.05) is 0 Å². The molecule has 136 valence electrons. The Morgan fingerprint density at radius 2 is 1.77 bits per heavy atom. The molecule has 26 heavy (non-hydrogen) atoms. The van der Waals surface area contributed by atoms with Crippen LogP contribution in [0.1, 0.15) is 42.3 Å². The summed E-state index contributed by atoms with van der Waals surface area (Å²) in [5.41, 5.74) is 3.01. The first kappa shape index (κ1) is 19.2. The molecule has 2 aromatic carbocycles. The molecule has 5 nitrogen and oxygen atoms in total. The summed E-state index contributed by atoms with van der Waals surface area (Å²) in [6.45, 7) is 9.72. The standard InChI is InChI=1S/C21H24N2O3/c1-14(2)15-9-8-10-16(13-15)21(3,4)23-20(25)22-18-12-7-6-11-17(18)19(24)26-5/h6-13H,1H2,2-5H3,(H2,22,23,25). The number of benzene rings is 2. The van der Waals surface area contributed by atoms with E-state index in [4.69, 9.17) is 4.74 Å². The fourth-order valence-corrected chi connectivity index (χ4v) is 2.56. The van der Waals surface area contributed by atoms with Crippen molar-refractivity contribution in [1.29, 1.82) is 0 Å². The third-order valence-corrected chi connectivity index (χ3v) is 4.08. The highest BCUT2D eigenvalue weighted by Crippen LogP contribution is 2.24. The van der Waals surface area contributed by atoms with E-state index in [2.05, 4.69) is 17.2 Å². The Morgan fingerprint density at radius 3 is 2.42 bits per heavy atom. The SMILES string of the molecule is C=C(C)c1cccc(C(C)(C)NC(=O)Nc2ccccc2C(=O)OC)c1. The van der Waals surface area contributed by atoms with E-state index < -0.39 is 17.5 Å². The maximum Gasteiger partial charge on any atom is 0.339 e. The zero-order valence-corrected chi connectivity index (χ0v) is 15.6. The highest BCUT2D eigenvalue weighted by Gasteiger charge is 2.24. The van der Waals surface area contributed by atoms with E-state index in [9.17, 15) is 9.59 Å². The number of anilines is 1. The van der Waals surface area contributed by atoms with Crippen molar-refractivity contribution < 1.29 is 14.3 Å². The number of ether oxygens (including phenoxy) is 1. The van der Waals surface area contributed by atoms with Crippen LogP contribution in [0.25, 0.3) is 5.57 Å². The Morgan fingerprint density at radius 1 is 1.08 bits per heavy atom. The van der Waals surface area contributed by atoms with Gasteiger partial charge in [-0.25, -0.2) is 9.59 Å². The van der Waals surface area contributed by atoms with Crippen LogP contribution in [-0.4, -0.2) is 19.1 Å². The van der Waals surface area contributed by atoms with E-state index >= 15 is 0 Å². The summed E-state index contributed by atoms with van der Waals surface area (Å²) in [5.74, 6) is -0.505. The van der Waals surface area contributed by atoms with Gasteiger partial charge in [0.05, 0.1) is 23.9 Å². The van der Waals surface area contributed by atoms with Crippen molar-refractivity contribution in [2.45, 2.75) is 26.3 Å². The van der Waals surface area contributed by atoms with E-state index in [1.807, 2.05) is 45.0 Å². The quantitative estimate of drug-likeness (QED) is 0.775. The van der Waals surface area contributed by atoms with Gasteiger partial charge in [-0.2, -0.15) is 0 Å². The molecule has 5 heteroatoms. The average molecular weight is 352 g/mol. The van der Waals surface area contributed by atoms with Gasteiger partial charge in [-0.15, -0.1) is 0 Å². The lowest BCUT2D eigenvalue weighted by molar-refractivity contribution is 0.0602. The first-order chi connectivity index (χ1) is 12.2. The van der Waals surface area contributed by atoms with Gasteiger partial charge in [0.15, 0.2) is 0 Å². The predicted octanol–water partition coefficient (Wildman–Crippen LogP) is 4.56. The number of para-hydroxylation sites is 1. The molecule has 0 spiro atoms. The van der Waals surface area contributed by atoms with Crippen LogP contribution in [0.5, 0.6) is 0 Å². The zero-order valence-electron chi connectivity index (χ0n) is 15.6. The van der Waals surface area contributed by atoms with Gasteiger partial charge < -0.3 is 15.4 Å². The van der Waals surface area contributed by atoms with E-state index in [1.165, 1.54) is 7.11 Å². The fraction of sp³-hybridized carbons (Fsp3) is 0.238. The van der Waals surface area contributed by atoms with Gasteiger partial charge in [0.1, 0.15) is 0 Å². The maximum atomic E-state index is 12.5. The zero-order chi connectivity index (χ0) is 19.3. The van der Waals surface area contributed by atoms with E-state index in [-0.39, 0.29) is 0 Å². The molecule has 0 aromatic heterocycles. The minimum Gasteiger partial charge on any atom is -0.465 e. The van der Waals surface area contributed by atoms with E-state index in [0.717, 1.165) is 16.7 Å². The Bertz CT molecular complexity index is 841. The molecule has 0 aliphatic heterocycles. The molecule has 0 unspecified atom stereocenters. The molecule has 2 N–H and O–H groups in total. The number of carbonyl (C=O) groups is 2. The Labute approximate surface area is 154 Å². The highest BCUT2D eigenvalue weighted by atomic mass is 16.5. The first-order valence-corrected chi connectivity index (χ1v) is 8.27. The lowest BCUT2D eigenvalue weighted by Crippen LogP contribution is -2.43. The fourth-order valence-electron chi connectivity index (χ4n) is 2.56. The number of rotatable bonds is 5. The molecular weight excluding hydrogens is 328 g/mol. The van der Waals surface area contributed by atoms with Crippen LogP contribution in [0.3, 0.4) is 0 Å². The summed E-state index contributed by atoms with van der Waals surface area (Å²) >= 11 is 0. The Kier molecular flexibility index (Phi) is 5.82. The molecule has 2 aromatic rings. The third kappa shape index (κ3) is 4.51. The van der Waals surface area contributed by atoms with E-state index in [0.29, 0.717) is 11.3 Å². The number of allylic oxidation sites excluding steroid dienone is 1. The number of esters is 1. The number of hydrogen-bond donors (Lipinski definition) is 2. The normalized spacial score (nSPS) is 10.8. The first-order valence-electron chi connectivity index (χ1n) is 8.27. The molecule has 0 fully saturated rings. The lowest BCUT2D eigenvalue weighted by atomic mass is 9.92. The van der Waals surface area contributed by atoms with Crippen molar-refractivity contribution in [3.8, 4) is 0 Å². The molecule has 0 bridgehead atoms. The molecule has 0 atom stereocenters. The second kappa shape index (κ2) is 7.87. The third-order valence-electron chi connectivity index (χ3n) is 4.08. The monoisotopic (exact) mass is 352 g/mol. The predicted molar refractivity (Wildman–Crippen MR) is 104 cm³/mol. The molecular formula is C21H24N2O3. The van der Waals surface area contributed by atoms with Crippen LogP contribution >= 0.6 is 0 Å². The van der Waals surface area contributed by atoms with E-state index in [1.54, 1.807) is 24.3 Å². The number of carbonyl (C=O) groups excluding carboxylic acids is 2. The number of nitrogens with one attached hydrogen (secondary N) is 2. The van der Waals surface area contributed by atoms with Crippen molar-refractivity contribution in [2.24, 2.45) is 0 Å². The smallest absolute Gasteiger partial charge is 0.339 e. The second-order valence-electron chi connectivity index (χ2n) is 6.60. The average Bonchev–Trinajstić information content (AvgIpc) is 2.61. The van der Waals surface area contributed by atoms with Crippen molar-refractivity contribution >= 4 is 23.3 Å². The summed E-state index contributed by atoms with van der Waals surface area (Å²) in [4.78, 5) is 24.3. The molecule has 0 saturated carbocycles. The number of amides is 2. The van der Waals surface area contributed by atoms with Crippen LogP contribution in [0.15, 0.2) is 55.1 Å².